The lowest BCUT2D eigenvalue weighted by atomic mass is 9.96. The van der Waals surface area contributed by atoms with Crippen LogP contribution in [-0.2, 0) is 14.6 Å². The lowest BCUT2D eigenvalue weighted by Crippen LogP contribution is -2.57. The van der Waals surface area contributed by atoms with Gasteiger partial charge in [0.1, 0.15) is 6.61 Å². The predicted octanol–water partition coefficient (Wildman–Crippen LogP) is 0.488. The summed E-state index contributed by atoms with van der Waals surface area (Å²) in [6.45, 7) is 1.13. The Bertz CT molecular complexity index is 657. The standard InChI is InChI=1S/C15H21FN2O4S/c1-23(20,21)15(6-8-17-9-7-15)14(19)18-10-11-22-13-5-3-2-4-12(13)16/h2-5,17H,6-11H2,1H3,(H,18,19). The van der Waals surface area contributed by atoms with Crippen molar-refractivity contribution in [1.82, 2.24) is 10.6 Å². The molecule has 0 atom stereocenters. The maximum Gasteiger partial charge on any atom is 0.241 e. The van der Waals surface area contributed by atoms with Gasteiger partial charge in [0.05, 0.1) is 6.54 Å². The van der Waals surface area contributed by atoms with Gasteiger partial charge in [-0.3, -0.25) is 4.79 Å². The van der Waals surface area contributed by atoms with Crippen LogP contribution in [0.1, 0.15) is 12.8 Å². The average Bonchev–Trinajstić information content (AvgIpc) is 2.52. The molecule has 1 fully saturated rings. The summed E-state index contributed by atoms with van der Waals surface area (Å²) in [4.78, 5) is 12.4. The van der Waals surface area contributed by atoms with E-state index in [4.69, 9.17) is 4.74 Å². The van der Waals surface area contributed by atoms with Crippen LogP contribution in [0.5, 0.6) is 5.75 Å². The third-order valence-corrected chi connectivity index (χ3v) is 6.03. The minimum atomic E-state index is -3.54. The van der Waals surface area contributed by atoms with Crippen molar-refractivity contribution in [3.05, 3.63) is 30.1 Å². The van der Waals surface area contributed by atoms with Gasteiger partial charge in [0.2, 0.25) is 5.91 Å². The molecule has 1 amide bonds. The average molecular weight is 344 g/mol. The van der Waals surface area contributed by atoms with Crippen molar-refractivity contribution in [2.45, 2.75) is 17.6 Å². The number of rotatable bonds is 6. The largest absolute Gasteiger partial charge is 0.489 e. The van der Waals surface area contributed by atoms with E-state index in [1.165, 1.54) is 12.1 Å². The van der Waals surface area contributed by atoms with Crippen LogP contribution in [0, 0.1) is 5.82 Å². The van der Waals surface area contributed by atoms with Crippen molar-refractivity contribution in [1.29, 1.82) is 0 Å². The van der Waals surface area contributed by atoms with Crippen LogP contribution < -0.4 is 15.4 Å². The number of hydrogen-bond acceptors (Lipinski definition) is 5. The summed E-state index contributed by atoms with van der Waals surface area (Å²) >= 11 is 0. The number of carbonyl (C=O) groups excluding carboxylic acids is 1. The number of halogens is 1. The van der Waals surface area contributed by atoms with Crippen LogP contribution >= 0.6 is 0 Å². The van der Waals surface area contributed by atoms with Crippen molar-refractivity contribution < 1.29 is 22.3 Å². The van der Waals surface area contributed by atoms with Crippen molar-refractivity contribution in [3.63, 3.8) is 0 Å². The first-order valence-electron chi connectivity index (χ1n) is 7.43. The number of carbonyl (C=O) groups is 1. The van der Waals surface area contributed by atoms with Gasteiger partial charge in [-0.1, -0.05) is 12.1 Å². The second-order valence-electron chi connectivity index (χ2n) is 5.55. The summed E-state index contributed by atoms with van der Waals surface area (Å²) in [5, 5.41) is 5.65. The van der Waals surface area contributed by atoms with Crippen molar-refractivity contribution in [2.24, 2.45) is 0 Å². The highest BCUT2D eigenvalue weighted by atomic mass is 32.2. The molecular formula is C15H21FN2O4S. The summed E-state index contributed by atoms with van der Waals surface area (Å²) in [5.41, 5.74) is 0. The van der Waals surface area contributed by atoms with Gasteiger partial charge < -0.3 is 15.4 Å². The van der Waals surface area contributed by atoms with Crippen molar-refractivity contribution >= 4 is 15.7 Å². The number of hydrogen-bond donors (Lipinski definition) is 2. The molecule has 2 rings (SSSR count). The summed E-state index contributed by atoms with van der Waals surface area (Å²) in [7, 11) is -3.54. The van der Waals surface area contributed by atoms with E-state index in [1.54, 1.807) is 12.1 Å². The molecule has 6 nitrogen and oxygen atoms in total. The molecule has 0 aliphatic carbocycles. The van der Waals surface area contributed by atoms with Gasteiger partial charge in [-0.15, -0.1) is 0 Å². The molecule has 0 saturated carbocycles. The topological polar surface area (TPSA) is 84.5 Å². The molecule has 1 aromatic rings. The Morgan fingerprint density at radius 3 is 2.61 bits per heavy atom. The zero-order valence-electron chi connectivity index (χ0n) is 13.0. The van der Waals surface area contributed by atoms with E-state index in [0.29, 0.717) is 13.1 Å². The van der Waals surface area contributed by atoms with E-state index in [2.05, 4.69) is 10.6 Å². The Balaban J connectivity index is 1.91. The summed E-state index contributed by atoms with van der Waals surface area (Å²) in [6.07, 6.45) is 1.57. The fraction of sp³-hybridized carbons (Fsp3) is 0.533. The molecule has 0 radical (unpaired) electrons. The first kappa shape index (κ1) is 17.7. The molecule has 0 aromatic heterocycles. The summed E-state index contributed by atoms with van der Waals surface area (Å²) in [5.74, 6) is -0.898. The van der Waals surface area contributed by atoms with Gasteiger partial charge in [-0.05, 0) is 38.1 Å². The van der Waals surface area contributed by atoms with Crippen molar-refractivity contribution in [2.75, 3.05) is 32.5 Å². The van der Waals surface area contributed by atoms with Crippen LogP contribution in [0.25, 0.3) is 0 Å². The number of piperidine rings is 1. The molecule has 1 saturated heterocycles. The predicted molar refractivity (Wildman–Crippen MR) is 84.6 cm³/mol. The Morgan fingerprint density at radius 1 is 1.35 bits per heavy atom. The molecule has 0 unspecified atom stereocenters. The molecule has 1 aliphatic heterocycles. The number of amides is 1. The Morgan fingerprint density at radius 2 is 2.00 bits per heavy atom. The molecule has 128 valence electrons. The minimum absolute atomic E-state index is 0.0603. The van der Waals surface area contributed by atoms with Gasteiger partial charge in [0.25, 0.3) is 0 Å². The van der Waals surface area contributed by atoms with E-state index < -0.39 is 26.3 Å². The van der Waals surface area contributed by atoms with Crippen molar-refractivity contribution in [3.8, 4) is 5.75 Å². The number of sulfone groups is 1. The number of benzene rings is 1. The third-order valence-electron chi connectivity index (χ3n) is 4.02. The van der Waals surface area contributed by atoms with Gasteiger partial charge in [-0.25, -0.2) is 12.8 Å². The molecule has 2 N–H and O–H groups in total. The molecule has 1 heterocycles. The second kappa shape index (κ2) is 7.27. The van der Waals surface area contributed by atoms with Crippen LogP contribution in [-0.4, -0.2) is 51.6 Å². The fourth-order valence-electron chi connectivity index (χ4n) is 2.65. The quantitative estimate of drug-likeness (QED) is 0.734. The SMILES string of the molecule is CS(=O)(=O)C1(C(=O)NCCOc2ccccc2F)CCNCC1. The van der Waals surface area contributed by atoms with E-state index in [1.807, 2.05) is 0 Å². The van der Waals surface area contributed by atoms with E-state index in [-0.39, 0.29) is 31.7 Å². The molecule has 1 aromatic carbocycles. The van der Waals surface area contributed by atoms with Gasteiger partial charge in [0, 0.05) is 6.26 Å². The van der Waals surface area contributed by atoms with Gasteiger partial charge >= 0.3 is 0 Å². The molecule has 8 heteroatoms. The minimum Gasteiger partial charge on any atom is -0.489 e. The second-order valence-corrected chi connectivity index (χ2v) is 7.88. The van der Waals surface area contributed by atoms with Gasteiger partial charge in [0.15, 0.2) is 26.2 Å². The monoisotopic (exact) mass is 344 g/mol. The first-order chi connectivity index (χ1) is 10.9. The molecule has 23 heavy (non-hydrogen) atoms. The number of ether oxygens (including phenoxy) is 1. The highest BCUT2D eigenvalue weighted by Gasteiger charge is 2.48. The normalized spacial score (nSPS) is 17.5. The van der Waals surface area contributed by atoms with Crippen LogP contribution in [0.2, 0.25) is 0 Å². The van der Waals surface area contributed by atoms with Gasteiger partial charge in [-0.2, -0.15) is 0 Å². The molecule has 1 aliphatic rings. The Labute approximate surface area is 135 Å². The maximum absolute atomic E-state index is 13.4. The molecule has 0 spiro atoms. The van der Waals surface area contributed by atoms with Crippen LogP contribution in [0.3, 0.4) is 0 Å². The van der Waals surface area contributed by atoms with Crippen LogP contribution in [0.15, 0.2) is 24.3 Å². The number of nitrogens with one attached hydrogen (secondary N) is 2. The van der Waals surface area contributed by atoms with Crippen LogP contribution in [0.4, 0.5) is 4.39 Å². The maximum atomic E-state index is 13.4. The summed E-state index contributed by atoms with van der Waals surface area (Å²) in [6, 6.07) is 5.96. The number of para-hydroxylation sites is 1. The highest BCUT2D eigenvalue weighted by Crippen LogP contribution is 2.27. The lowest BCUT2D eigenvalue weighted by molar-refractivity contribution is -0.124. The van der Waals surface area contributed by atoms with E-state index >= 15 is 0 Å². The van der Waals surface area contributed by atoms with E-state index in [0.717, 1.165) is 6.26 Å². The fourth-order valence-corrected chi connectivity index (χ4v) is 4.00. The first-order valence-corrected chi connectivity index (χ1v) is 9.32. The zero-order chi connectivity index (χ0) is 16.9. The highest BCUT2D eigenvalue weighted by molar-refractivity contribution is 7.92. The lowest BCUT2D eigenvalue weighted by Gasteiger charge is -2.34. The molecule has 0 bridgehead atoms. The molecular weight excluding hydrogens is 323 g/mol. The Hall–Kier alpha value is -1.67. The smallest absolute Gasteiger partial charge is 0.241 e. The van der Waals surface area contributed by atoms with E-state index in [9.17, 15) is 17.6 Å². The zero-order valence-corrected chi connectivity index (χ0v) is 13.8. The third kappa shape index (κ3) is 4.00. The summed E-state index contributed by atoms with van der Waals surface area (Å²) < 4.78 is 41.4. The Kier molecular flexibility index (Phi) is 5.59.